The minimum atomic E-state index is -0.274. The van der Waals surface area contributed by atoms with Gasteiger partial charge >= 0.3 is 0 Å². The molecule has 0 aliphatic carbocycles. The molecule has 7 nitrogen and oxygen atoms in total. The molecule has 1 heterocycles. The van der Waals surface area contributed by atoms with Crippen molar-refractivity contribution in [2.24, 2.45) is 0 Å². The maximum Gasteiger partial charge on any atom is 0.255 e. The molecule has 4 aromatic rings. The molecule has 0 unspecified atom stereocenters. The Morgan fingerprint density at radius 2 is 1.57 bits per heavy atom. The lowest BCUT2D eigenvalue weighted by molar-refractivity contribution is -0.121. The first-order valence-electron chi connectivity index (χ1n) is 11.5. The Labute approximate surface area is 204 Å². The average molecular weight is 469 g/mol. The van der Waals surface area contributed by atoms with Crippen LogP contribution in [0, 0.1) is 0 Å². The molecule has 0 saturated carbocycles. The molecule has 2 amide bonds. The number of carbonyl (C=O) groups is 2. The normalized spacial score (nSPS) is 10.5. The van der Waals surface area contributed by atoms with E-state index in [-0.39, 0.29) is 24.8 Å². The van der Waals surface area contributed by atoms with Gasteiger partial charge in [0.15, 0.2) is 0 Å². The van der Waals surface area contributed by atoms with E-state index in [1.165, 1.54) is 7.11 Å². The molecule has 1 aromatic heterocycles. The zero-order valence-corrected chi connectivity index (χ0v) is 19.6. The second kappa shape index (κ2) is 11.7. The van der Waals surface area contributed by atoms with Gasteiger partial charge in [0.1, 0.15) is 5.75 Å². The summed E-state index contributed by atoms with van der Waals surface area (Å²) in [6.07, 6.45) is 2.14. The number of amides is 2. The number of benzene rings is 3. The highest BCUT2D eigenvalue weighted by molar-refractivity contribution is 5.97. The van der Waals surface area contributed by atoms with Crippen molar-refractivity contribution in [3.8, 4) is 17.0 Å². The van der Waals surface area contributed by atoms with Gasteiger partial charge in [-0.2, -0.15) is 5.10 Å². The third-order valence-corrected chi connectivity index (χ3v) is 5.54. The highest BCUT2D eigenvalue weighted by atomic mass is 16.5. The van der Waals surface area contributed by atoms with Crippen molar-refractivity contribution < 1.29 is 14.3 Å². The Morgan fingerprint density at radius 1 is 0.886 bits per heavy atom. The highest BCUT2D eigenvalue weighted by Gasteiger charge is 2.14. The highest BCUT2D eigenvalue weighted by Crippen LogP contribution is 2.22. The number of hydrogen-bond donors (Lipinski definition) is 2. The number of rotatable bonds is 10. The van der Waals surface area contributed by atoms with E-state index in [0.717, 1.165) is 22.4 Å². The van der Waals surface area contributed by atoms with Gasteiger partial charge in [0.25, 0.3) is 5.91 Å². The molecular weight excluding hydrogens is 440 g/mol. The predicted octanol–water partition coefficient (Wildman–Crippen LogP) is 4.04. The molecule has 3 aromatic carbocycles. The molecular formula is C28H28N4O3. The molecule has 0 aliphatic rings. The van der Waals surface area contributed by atoms with Gasteiger partial charge in [-0.3, -0.25) is 14.3 Å². The van der Waals surface area contributed by atoms with Crippen LogP contribution in [0.5, 0.6) is 5.75 Å². The third kappa shape index (κ3) is 6.35. The summed E-state index contributed by atoms with van der Waals surface area (Å²) in [5.41, 5.74) is 4.35. The molecule has 178 valence electrons. The zero-order chi connectivity index (χ0) is 24.5. The van der Waals surface area contributed by atoms with E-state index in [1.807, 2.05) is 59.4 Å². The van der Waals surface area contributed by atoms with Gasteiger partial charge in [0, 0.05) is 36.8 Å². The molecule has 4 rings (SSSR count). The van der Waals surface area contributed by atoms with Gasteiger partial charge in [-0.1, -0.05) is 72.8 Å². The third-order valence-electron chi connectivity index (χ3n) is 5.54. The first kappa shape index (κ1) is 23.8. The van der Waals surface area contributed by atoms with Gasteiger partial charge in [-0.25, -0.2) is 0 Å². The maximum absolute atomic E-state index is 12.5. The number of ether oxygens (including phenoxy) is 1. The van der Waals surface area contributed by atoms with E-state index in [9.17, 15) is 9.59 Å². The summed E-state index contributed by atoms with van der Waals surface area (Å²) in [6.45, 7) is 1.21. The van der Waals surface area contributed by atoms with Crippen molar-refractivity contribution in [1.82, 2.24) is 20.4 Å². The summed E-state index contributed by atoms with van der Waals surface area (Å²) in [7, 11) is 1.52. The van der Waals surface area contributed by atoms with Crippen LogP contribution in [0.15, 0.2) is 91.1 Å². The Bertz CT molecular complexity index is 1270. The molecule has 2 N–H and O–H groups in total. The largest absolute Gasteiger partial charge is 0.496 e. The summed E-state index contributed by atoms with van der Waals surface area (Å²) in [4.78, 5) is 24.9. The SMILES string of the molecule is COc1ccccc1C(=O)NCCC(=O)NCc1cn(Cc2ccccc2)nc1-c1ccccc1. The van der Waals surface area contributed by atoms with E-state index in [0.29, 0.717) is 24.4 Å². The van der Waals surface area contributed by atoms with E-state index < -0.39 is 0 Å². The van der Waals surface area contributed by atoms with Crippen molar-refractivity contribution >= 4 is 11.8 Å². The fourth-order valence-corrected chi connectivity index (χ4v) is 3.78. The van der Waals surface area contributed by atoms with Gasteiger partial charge < -0.3 is 15.4 Å². The molecule has 0 radical (unpaired) electrons. The summed E-state index contributed by atoms with van der Waals surface area (Å²) in [5.74, 6) is 0.0688. The quantitative estimate of drug-likeness (QED) is 0.368. The van der Waals surface area contributed by atoms with Crippen molar-refractivity contribution in [2.45, 2.75) is 19.5 Å². The molecule has 0 aliphatic heterocycles. The Balaban J connectivity index is 1.36. The van der Waals surface area contributed by atoms with Gasteiger partial charge in [-0.15, -0.1) is 0 Å². The molecule has 0 spiro atoms. The first-order valence-corrected chi connectivity index (χ1v) is 11.5. The fourth-order valence-electron chi connectivity index (χ4n) is 3.78. The number of carbonyl (C=O) groups excluding carboxylic acids is 2. The minimum Gasteiger partial charge on any atom is -0.496 e. The second-order valence-corrected chi connectivity index (χ2v) is 8.04. The summed E-state index contributed by atoms with van der Waals surface area (Å²) in [5, 5.41) is 10.5. The zero-order valence-electron chi connectivity index (χ0n) is 19.6. The van der Waals surface area contributed by atoms with Crippen LogP contribution in [0.4, 0.5) is 0 Å². The monoisotopic (exact) mass is 468 g/mol. The maximum atomic E-state index is 12.5. The standard InChI is InChI=1S/C28H28N4O3/c1-35-25-15-9-8-14-24(25)28(34)29-17-16-26(33)30-18-23-20-32(19-21-10-4-2-5-11-21)31-27(23)22-12-6-3-7-13-22/h2-15,20H,16-19H2,1H3,(H,29,34)(H,30,33). The van der Waals surface area contributed by atoms with Crippen LogP contribution in [-0.4, -0.2) is 35.2 Å². The summed E-state index contributed by atoms with van der Waals surface area (Å²) >= 11 is 0. The first-order chi connectivity index (χ1) is 17.1. The van der Waals surface area contributed by atoms with Gasteiger partial charge in [-0.05, 0) is 17.7 Å². The smallest absolute Gasteiger partial charge is 0.255 e. The number of nitrogens with one attached hydrogen (secondary N) is 2. The lowest BCUT2D eigenvalue weighted by atomic mass is 10.1. The van der Waals surface area contributed by atoms with Crippen LogP contribution in [0.3, 0.4) is 0 Å². The number of nitrogens with zero attached hydrogens (tertiary/aromatic N) is 2. The topological polar surface area (TPSA) is 85.2 Å². The van der Waals surface area contributed by atoms with Crippen LogP contribution >= 0.6 is 0 Å². The molecule has 0 saturated heterocycles. The number of aromatic nitrogens is 2. The predicted molar refractivity (Wildman–Crippen MR) is 135 cm³/mol. The molecule has 0 atom stereocenters. The van der Waals surface area contributed by atoms with Crippen LogP contribution in [0.1, 0.15) is 27.9 Å². The second-order valence-electron chi connectivity index (χ2n) is 8.04. The number of para-hydroxylation sites is 1. The van der Waals surface area contributed by atoms with Crippen molar-refractivity contribution in [1.29, 1.82) is 0 Å². The summed E-state index contributed by atoms with van der Waals surface area (Å²) in [6, 6.07) is 27.0. The number of hydrogen-bond acceptors (Lipinski definition) is 4. The van der Waals surface area contributed by atoms with E-state index in [4.69, 9.17) is 9.84 Å². The number of methoxy groups -OCH3 is 1. The minimum absolute atomic E-state index is 0.153. The van der Waals surface area contributed by atoms with Crippen LogP contribution < -0.4 is 15.4 Å². The van der Waals surface area contributed by atoms with Crippen molar-refractivity contribution in [2.75, 3.05) is 13.7 Å². The van der Waals surface area contributed by atoms with Crippen LogP contribution in [-0.2, 0) is 17.9 Å². The molecule has 35 heavy (non-hydrogen) atoms. The van der Waals surface area contributed by atoms with Crippen LogP contribution in [0.25, 0.3) is 11.3 Å². The van der Waals surface area contributed by atoms with E-state index in [2.05, 4.69) is 22.8 Å². The van der Waals surface area contributed by atoms with E-state index in [1.54, 1.807) is 24.3 Å². The van der Waals surface area contributed by atoms with Gasteiger partial charge in [0.05, 0.1) is 24.9 Å². The van der Waals surface area contributed by atoms with Crippen molar-refractivity contribution in [3.63, 3.8) is 0 Å². The summed E-state index contributed by atoms with van der Waals surface area (Å²) < 4.78 is 7.12. The molecule has 0 bridgehead atoms. The Kier molecular flexibility index (Phi) is 7.91. The lowest BCUT2D eigenvalue weighted by Crippen LogP contribution is -2.30. The average Bonchev–Trinajstić information content (AvgIpc) is 3.31. The van der Waals surface area contributed by atoms with Crippen molar-refractivity contribution in [3.05, 3.63) is 108 Å². The Morgan fingerprint density at radius 3 is 2.31 bits per heavy atom. The van der Waals surface area contributed by atoms with Gasteiger partial charge in [0.2, 0.25) is 5.91 Å². The van der Waals surface area contributed by atoms with E-state index >= 15 is 0 Å². The molecule has 0 fully saturated rings. The van der Waals surface area contributed by atoms with Crippen LogP contribution in [0.2, 0.25) is 0 Å². The lowest BCUT2D eigenvalue weighted by Gasteiger charge is -2.09. The molecule has 7 heteroatoms. The fraction of sp³-hybridized carbons (Fsp3) is 0.179. The Hall–Kier alpha value is -4.39.